The molecule has 3 atom stereocenters. The number of unbranched alkanes of at least 4 members (excludes halogenated alkanes) is 1. The number of carbonyl (C=O) groups excluding carboxylic acids is 4. The van der Waals surface area contributed by atoms with Crippen LogP contribution < -0.4 is 15.4 Å². The Balaban J connectivity index is 1.38. The van der Waals surface area contributed by atoms with Gasteiger partial charge in [-0.3, -0.25) is 4.79 Å². The van der Waals surface area contributed by atoms with Crippen LogP contribution in [0.3, 0.4) is 0 Å². The first-order valence-electron chi connectivity index (χ1n) is 14.9. The quantitative estimate of drug-likeness (QED) is 0.0473. The van der Waals surface area contributed by atoms with E-state index < -0.39 is 39.4 Å². The fourth-order valence-electron chi connectivity index (χ4n) is 4.86. The molecule has 48 heavy (non-hydrogen) atoms. The molecule has 15 heteroatoms. The number of nitrogens with one attached hydrogen (secondary N) is 2. The van der Waals surface area contributed by atoms with E-state index in [0.29, 0.717) is 35.9 Å². The highest BCUT2D eigenvalue weighted by Gasteiger charge is 2.44. The molecule has 252 valence electrons. The van der Waals surface area contributed by atoms with E-state index in [0.717, 1.165) is 5.56 Å². The number of hydroxylamine groups is 2. The molecule has 0 bridgehead atoms. The van der Waals surface area contributed by atoms with Crippen molar-refractivity contribution in [1.29, 1.82) is 5.26 Å². The van der Waals surface area contributed by atoms with Crippen molar-refractivity contribution < 1.29 is 47.9 Å². The number of esters is 1. The first kappa shape index (κ1) is 35.7. The number of quaternary nitrogens is 1. The van der Waals surface area contributed by atoms with E-state index >= 15 is 0 Å². The van der Waals surface area contributed by atoms with Crippen molar-refractivity contribution in [2.24, 2.45) is 0 Å². The van der Waals surface area contributed by atoms with Crippen molar-refractivity contribution in [2.45, 2.75) is 43.6 Å². The molecular weight excluding hydrogens is 644 g/mol. The molecule has 1 saturated heterocycles. The van der Waals surface area contributed by atoms with Gasteiger partial charge in [-0.25, -0.2) is 14.4 Å². The van der Waals surface area contributed by atoms with Crippen molar-refractivity contribution >= 4 is 35.8 Å². The van der Waals surface area contributed by atoms with Gasteiger partial charge in [0.1, 0.15) is 46.9 Å². The predicted molar refractivity (Wildman–Crippen MR) is 171 cm³/mol. The lowest BCUT2D eigenvalue weighted by atomic mass is 9.97. The van der Waals surface area contributed by atoms with Gasteiger partial charge in [-0.2, -0.15) is 10.5 Å². The molecule has 4 N–H and O–H groups in total. The van der Waals surface area contributed by atoms with E-state index in [1.807, 2.05) is 12.1 Å². The molecule has 1 aliphatic rings. The Hall–Kier alpha value is -5.14. The maximum absolute atomic E-state index is 13.3. The number of phenolic OH excluding ortho intramolecular Hbond substituents is 1. The summed E-state index contributed by atoms with van der Waals surface area (Å²) in [5, 5.41) is 46.1. The second kappa shape index (κ2) is 16.6. The molecule has 3 aromatic carbocycles. The van der Waals surface area contributed by atoms with Crippen LogP contribution in [0.5, 0.6) is 11.5 Å². The summed E-state index contributed by atoms with van der Waals surface area (Å²) in [5.41, 5.74) is 1.73. The van der Waals surface area contributed by atoms with E-state index in [4.69, 9.17) is 14.2 Å². The Morgan fingerprint density at radius 3 is 2.56 bits per heavy atom. The Morgan fingerprint density at radius 1 is 1.10 bits per heavy atom. The highest BCUT2D eigenvalue weighted by Crippen LogP contribution is 2.46. The number of nitriles is 1. The van der Waals surface area contributed by atoms with Gasteiger partial charge in [-0.05, 0) is 47.7 Å². The Kier molecular flexibility index (Phi) is 12.4. The van der Waals surface area contributed by atoms with Crippen molar-refractivity contribution in [2.75, 3.05) is 20.3 Å². The second-order valence-electron chi connectivity index (χ2n) is 10.7. The van der Waals surface area contributed by atoms with Crippen LogP contribution in [-0.4, -0.2) is 64.7 Å². The highest BCUT2D eigenvalue weighted by atomic mass is 32.2. The summed E-state index contributed by atoms with van der Waals surface area (Å²) in [6, 6.07) is 19.0. The minimum absolute atomic E-state index is 0.0174. The molecule has 3 amide bonds. The fraction of sp³-hybridized carbons (Fsp3) is 0.303. The van der Waals surface area contributed by atoms with Gasteiger partial charge in [-0.1, -0.05) is 52.7 Å². The number of ether oxygens (including phenoxy) is 3. The van der Waals surface area contributed by atoms with Gasteiger partial charge in [0.2, 0.25) is 5.91 Å². The van der Waals surface area contributed by atoms with Gasteiger partial charge >= 0.3 is 18.0 Å². The monoisotopic (exact) mass is 678 g/mol. The summed E-state index contributed by atoms with van der Waals surface area (Å²) >= 11 is 0.471. The van der Waals surface area contributed by atoms with E-state index in [1.165, 1.54) is 31.4 Å². The number of carbonyl (C=O) groups is 4. The molecule has 0 spiro atoms. The maximum atomic E-state index is 13.3. The van der Waals surface area contributed by atoms with E-state index in [1.54, 1.807) is 36.4 Å². The summed E-state index contributed by atoms with van der Waals surface area (Å²) in [4.78, 5) is 49.8. The normalized spacial score (nSPS) is 17.5. The van der Waals surface area contributed by atoms with Gasteiger partial charge in [0.15, 0.2) is 0 Å². The minimum atomic E-state index is -2.08. The zero-order chi connectivity index (χ0) is 34.7. The molecule has 0 saturated carbocycles. The zero-order valence-corrected chi connectivity index (χ0v) is 26.7. The number of methoxy groups -OCH3 is 1. The highest BCUT2D eigenvalue weighted by molar-refractivity contribution is 7.94. The third-order valence-electron chi connectivity index (χ3n) is 7.31. The van der Waals surface area contributed by atoms with Crippen LogP contribution in [0.25, 0.3) is 0 Å². The Morgan fingerprint density at radius 2 is 1.88 bits per heavy atom. The first-order valence-corrected chi connectivity index (χ1v) is 15.7. The number of nitrogens with zero attached hydrogens (tertiary/aromatic N) is 2. The van der Waals surface area contributed by atoms with Crippen molar-refractivity contribution in [3.8, 4) is 17.6 Å². The largest absolute Gasteiger partial charge is 0.579 e. The molecule has 2 unspecified atom stereocenters. The third-order valence-corrected chi connectivity index (χ3v) is 8.48. The number of phenols is 1. The lowest BCUT2D eigenvalue weighted by Crippen LogP contribution is -2.48. The number of amides is 3. The van der Waals surface area contributed by atoms with Gasteiger partial charge in [-0.15, -0.1) is 0 Å². The third kappa shape index (κ3) is 9.46. The maximum Gasteiger partial charge on any atom is 0.408 e. The number of hydrogen-bond donors (Lipinski definition) is 4. The Labute approximate surface area is 280 Å². The molecule has 4 rings (SSSR count). The van der Waals surface area contributed by atoms with Crippen LogP contribution in [0.15, 0.2) is 66.7 Å². The lowest BCUT2D eigenvalue weighted by molar-refractivity contribution is -0.880. The van der Waals surface area contributed by atoms with Crippen molar-refractivity contribution in [3.05, 3.63) is 99.8 Å². The van der Waals surface area contributed by atoms with Crippen LogP contribution in [0.2, 0.25) is 0 Å². The van der Waals surface area contributed by atoms with Crippen LogP contribution in [0, 0.1) is 16.5 Å². The molecule has 0 aromatic heterocycles. The van der Waals surface area contributed by atoms with Gasteiger partial charge in [0.05, 0.1) is 31.8 Å². The average Bonchev–Trinajstić information content (AvgIpc) is 3.35. The molecule has 1 aliphatic heterocycles. The van der Waals surface area contributed by atoms with Crippen LogP contribution in [0.4, 0.5) is 4.79 Å². The summed E-state index contributed by atoms with van der Waals surface area (Å²) in [7, 11) is 1.19. The molecule has 1 fully saturated rings. The molecule has 0 aliphatic carbocycles. The fourth-order valence-corrected chi connectivity index (χ4v) is 5.93. The molecule has 0 radical (unpaired) electrons. The second-order valence-corrected chi connectivity index (χ2v) is 12.0. The molecule has 1 heterocycles. The molecule has 3 aromatic rings. The van der Waals surface area contributed by atoms with Crippen LogP contribution in [-0.2, 0) is 32.1 Å². The topological polar surface area (TPSA) is 207 Å². The number of benzene rings is 3. The summed E-state index contributed by atoms with van der Waals surface area (Å²) in [6.45, 7) is 0.371. The van der Waals surface area contributed by atoms with Gasteiger partial charge in [0, 0.05) is 13.0 Å². The first-order chi connectivity index (χ1) is 23.0. The van der Waals surface area contributed by atoms with Crippen LogP contribution in [0.1, 0.15) is 57.1 Å². The number of aromatic hydroxyl groups is 1. The average molecular weight is 679 g/mol. The number of alkyl carbamates (subject to hydrolysis) is 1. The lowest BCUT2D eigenvalue weighted by Gasteiger charge is -2.22. The van der Waals surface area contributed by atoms with E-state index in [-0.39, 0.29) is 55.2 Å². The SMILES string of the molecule is COC(=O)c1c(O)cccc1OCCCCNC(=O)[C@H](Cc1ccc(C2CC(=O)[N+]([O-])(O)S2)c(C#N)c1)NC(=O)OCc1ccccc1. The predicted octanol–water partition coefficient (Wildman–Crippen LogP) is 4.19. The molecular formula is C33H34N4O10S. The van der Waals surface area contributed by atoms with E-state index in [9.17, 15) is 40.0 Å². The summed E-state index contributed by atoms with van der Waals surface area (Å²) in [5.74, 6) is -2.29. The number of rotatable bonds is 14. The van der Waals surface area contributed by atoms with Crippen LogP contribution >= 0.6 is 11.9 Å². The smallest absolute Gasteiger partial charge is 0.408 e. The van der Waals surface area contributed by atoms with E-state index in [2.05, 4.69) is 10.6 Å². The van der Waals surface area contributed by atoms with Crippen molar-refractivity contribution in [1.82, 2.24) is 10.6 Å². The zero-order valence-electron chi connectivity index (χ0n) is 25.9. The minimum Gasteiger partial charge on any atom is -0.579 e. The van der Waals surface area contributed by atoms with Gasteiger partial charge in [0.25, 0.3) is 0 Å². The summed E-state index contributed by atoms with van der Waals surface area (Å²) < 4.78 is 13.6. The Bertz CT molecular complexity index is 1680. The standard InChI is InChI=1S/C33H34N4O10S/c1-45-32(41)30-26(38)10-7-11-27(30)46-15-6-5-14-35-31(40)25(36-33(42)47-20-21-8-3-2-4-9-21)17-22-12-13-24(23(16-22)19-34)28-18-29(39)37(43,44)48-28/h2-4,7-13,16,25,28,38,43H,5-6,14-15,17-18,20H2,1H3,(H,35,40)(H,36,42)/t25-,28?/m0/s1. The van der Waals surface area contributed by atoms with Crippen molar-refractivity contribution in [3.63, 3.8) is 0 Å². The summed E-state index contributed by atoms with van der Waals surface area (Å²) in [6.07, 6.45) is -0.149. The van der Waals surface area contributed by atoms with Gasteiger partial charge < -0.3 is 35.2 Å². The number of hydrogen-bond acceptors (Lipinski definition) is 12. The molecule has 14 nitrogen and oxygen atoms in total.